The van der Waals surface area contributed by atoms with Crippen LogP contribution in [0.2, 0.25) is 0 Å². The molecular formula is C14H14N2O3. The Bertz CT molecular complexity index is 633. The number of hydrogen-bond acceptors (Lipinski definition) is 4. The topological polar surface area (TPSA) is 66.6 Å². The summed E-state index contributed by atoms with van der Waals surface area (Å²) < 4.78 is 4.93. The number of benzene rings is 1. The summed E-state index contributed by atoms with van der Waals surface area (Å²) in [5.41, 5.74) is 2.50. The smallest absolute Gasteiger partial charge is 0.276 e. The van der Waals surface area contributed by atoms with Crippen LogP contribution in [0, 0.1) is 6.92 Å². The fraction of sp³-hybridized carbons (Fsp3) is 0.286. The molecule has 0 unspecified atom stereocenters. The van der Waals surface area contributed by atoms with Gasteiger partial charge in [0.15, 0.2) is 5.69 Å². The van der Waals surface area contributed by atoms with Gasteiger partial charge >= 0.3 is 0 Å². The molecule has 0 aliphatic carbocycles. The minimum Gasteiger partial charge on any atom is -0.508 e. The van der Waals surface area contributed by atoms with E-state index in [1.54, 1.807) is 30.0 Å². The molecule has 0 fully saturated rings. The van der Waals surface area contributed by atoms with Crippen LogP contribution in [0.1, 0.15) is 27.4 Å². The lowest BCUT2D eigenvalue weighted by molar-refractivity contribution is 0.0724. The van der Waals surface area contributed by atoms with E-state index in [9.17, 15) is 9.90 Å². The van der Waals surface area contributed by atoms with E-state index >= 15 is 0 Å². The van der Waals surface area contributed by atoms with Crippen molar-refractivity contribution in [3.63, 3.8) is 0 Å². The van der Waals surface area contributed by atoms with Gasteiger partial charge in [-0.3, -0.25) is 4.79 Å². The van der Waals surface area contributed by atoms with E-state index in [2.05, 4.69) is 5.16 Å². The molecule has 0 atom stereocenters. The fourth-order valence-electron chi connectivity index (χ4n) is 2.35. The Morgan fingerprint density at radius 3 is 2.95 bits per heavy atom. The molecule has 0 saturated heterocycles. The van der Waals surface area contributed by atoms with Gasteiger partial charge in [-0.05, 0) is 36.6 Å². The number of nitrogens with zero attached hydrogens (tertiary/aromatic N) is 2. The van der Waals surface area contributed by atoms with Crippen molar-refractivity contribution >= 4 is 5.91 Å². The van der Waals surface area contributed by atoms with Crippen LogP contribution in [-0.4, -0.2) is 27.6 Å². The number of fused-ring (bicyclic) bond motifs is 1. The largest absolute Gasteiger partial charge is 0.508 e. The summed E-state index contributed by atoms with van der Waals surface area (Å²) in [6, 6.07) is 6.94. The van der Waals surface area contributed by atoms with E-state index in [4.69, 9.17) is 4.52 Å². The number of phenols is 1. The third-order valence-corrected chi connectivity index (χ3v) is 3.34. The van der Waals surface area contributed by atoms with Crippen LogP contribution in [-0.2, 0) is 13.0 Å². The number of carbonyl (C=O) groups excluding carboxylic acids is 1. The molecule has 5 heteroatoms. The third kappa shape index (κ3) is 2.19. The van der Waals surface area contributed by atoms with Gasteiger partial charge in [0.05, 0.1) is 0 Å². The molecule has 2 aromatic rings. The lowest BCUT2D eigenvalue weighted by Gasteiger charge is -2.28. The van der Waals surface area contributed by atoms with Crippen molar-refractivity contribution < 1.29 is 14.4 Å². The molecule has 1 amide bonds. The Labute approximate surface area is 110 Å². The molecule has 1 N–H and O–H groups in total. The lowest BCUT2D eigenvalue weighted by Crippen LogP contribution is -2.36. The first-order valence-corrected chi connectivity index (χ1v) is 6.17. The second-order valence-electron chi connectivity index (χ2n) is 4.75. The highest BCUT2D eigenvalue weighted by Gasteiger charge is 2.24. The Balaban J connectivity index is 1.83. The molecule has 0 saturated carbocycles. The maximum atomic E-state index is 12.2. The molecule has 3 rings (SSSR count). The van der Waals surface area contributed by atoms with E-state index < -0.39 is 0 Å². The number of aromatic hydroxyl groups is 1. The minimum atomic E-state index is -0.133. The summed E-state index contributed by atoms with van der Waals surface area (Å²) in [4.78, 5) is 14.0. The van der Waals surface area contributed by atoms with Gasteiger partial charge in [0.25, 0.3) is 5.91 Å². The molecule has 1 aromatic heterocycles. The lowest BCUT2D eigenvalue weighted by atomic mass is 9.99. The molecule has 2 heterocycles. The second kappa shape index (κ2) is 4.42. The monoisotopic (exact) mass is 258 g/mol. The quantitative estimate of drug-likeness (QED) is 0.848. The highest BCUT2D eigenvalue weighted by Crippen LogP contribution is 2.24. The van der Waals surface area contributed by atoms with E-state index in [-0.39, 0.29) is 11.7 Å². The summed E-state index contributed by atoms with van der Waals surface area (Å²) in [7, 11) is 0. The number of rotatable bonds is 1. The zero-order valence-electron chi connectivity index (χ0n) is 10.6. The van der Waals surface area contributed by atoms with Crippen molar-refractivity contribution in [3.8, 4) is 5.75 Å². The first-order chi connectivity index (χ1) is 9.13. The van der Waals surface area contributed by atoms with Crippen LogP contribution in [0.4, 0.5) is 0 Å². The van der Waals surface area contributed by atoms with Crippen LogP contribution >= 0.6 is 0 Å². The highest BCUT2D eigenvalue weighted by molar-refractivity contribution is 5.92. The van der Waals surface area contributed by atoms with E-state index in [0.29, 0.717) is 24.5 Å². The summed E-state index contributed by atoms with van der Waals surface area (Å²) in [6.45, 7) is 2.91. The molecule has 1 aliphatic heterocycles. The third-order valence-electron chi connectivity index (χ3n) is 3.34. The van der Waals surface area contributed by atoms with Crippen molar-refractivity contribution in [1.29, 1.82) is 0 Å². The minimum absolute atomic E-state index is 0.133. The number of aryl methyl sites for hydroxylation is 1. The fourth-order valence-corrected chi connectivity index (χ4v) is 2.35. The normalized spacial score (nSPS) is 14.3. The maximum absolute atomic E-state index is 12.2. The predicted octanol–water partition coefficient (Wildman–Crippen LogP) is 1.89. The zero-order valence-corrected chi connectivity index (χ0v) is 10.6. The van der Waals surface area contributed by atoms with Crippen LogP contribution in [0.3, 0.4) is 0 Å². The summed E-state index contributed by atoms with van der Waals surface area (Å²) in [5, 5.41) is 13.3. The van der Waals surface area contributed by atoms with Gasteiger partial charge in [-0.1, -0.05) is 11.2 Å². The van der Waals surface area contributed by atoms with Crippen molar-refractivity contribution in [3.05, 3.63) is 46.8 Å². The Morgan fingerprint density at radius 2 is 2.21 bits per heavy atom. The van der Waals surface area contributed by atoms with Crippen molar-refractivity contribution in [2.75, 3.05) is 6.54 Å². The SMILES string of the molecule is Cc1cc(C(=O)N2CCc3ccc(O)cc3C2)no1. The van der Waals surface area contributed by atoms with Crippen LogP contribution in [0.25, 0.3) is 0 Å². The molecule has 0 radical (unpaired) electrons. The molecule has 19 heavy (non-hydrogen) atoms. The van der Waals surface area contributed by atoms with Crippen LogP contribution in [0.15, 0.2) is 28.8 Å². The number of carbonyl (C=O) groups is 1. The van der Waals surface area contributed by atoms with Gasteiger partial charge in [-0.15, -0.1) is 0 Å². The zero-order chi connectivity index (χ0) is 13.4. The maximum Gasteiger partial charge on any atom is 0.276 e. The number of aromatic nitrogens is 1. The Kier molecular flexibility index (Phi) is 2.74. The van der Waals surface area contributed by atoms with Gasteiger partial charge < -0.3 is 14.5 Å². The molecule has 5 nitrogen and oxygen atoms in total. The average molecular weight is 258 g/mol. The highest BCUT2D eigenvalue weighted by atomic mass is 16.5. The number of hydrogen-bond donors (Lipinski definition) is 1. The van der Waals surface area contributed by atoms with Gasteiger partial charge in [0.2, 0.25) is 0 Å². The van der Waals surface area contributed by atoms with Gasteiger partial charge in [-0.2, -0.15) is 0 Å². The van der Waals surface area contributed by atoms with Crippen LogP contribution in [0.5, 0.6) is 5.75 Å². The number of amides is 1. The number of phenolic OH excluding ortho intramolecular Hbond substituents is 1. The molecule has 0 bridgehead atoms. The van der Waals surface area contributed by atoms with E-state index in [1.165, 1.54) is 5.56 Å². The molecular weight excluding hydrogens is 244 g/mol. The summed E-state index contributed by atoms with van der Waals surface area (Å²) in [5.74, 6) is 0.717. The van der Waals surface area contributed by atoms with Gasteiger partial charge in [-0.25, -0.2) is 0 Å². The summed E-state index contributed by atoms with van der Waals surface area (Å²) >= 11 is 0. The van der Waals surface area contributed by atoms with Crippen molar-refractivity contribution in [1.82, 2.24) is 10.1 Å². The van der Waals surface area contributed by atoms with Gasteiger partial charge in [0, 0.05) is 19.2 Å². The molecule has 1 aliphatic rings. The molecule has 0 spiro atoms. The van der Waals surface area contributed by atoms with Crippen molar-refractivity contribution in [2.24, 2.45) is 0 Å². The Morgan fingerprint density at radius 1 is 1.37 bits per heavy atom. The first-order valence-electron chi connectivity index (χ1n) is 6.17. The first kappa shape index (κ1) is 11.8. The van der Waals surface area contributed by atoms with E-state index in [0.717, 1.165) is 12.0 Å². The van der Waals surface area contributed by atoms with Crippen molar-refractivity contribution in [2.45, 2.75) is 19.9 Å². The van der Waals surface area contributed by atoms with Crippen LogP contribution < -0.4 is 0 Å². The van der Waals surface area contributed by atoms with E-state index in [1.807, 2.05) is 6.07 Å². The standard InChI is InChI=1S/C14H14N2O3/c1-9-6-13(15-19-9)14(18)16-5-4-10-2-3-12(17)7-11(10)8-16/h2-3,6-7,17H,4-5,8H2,1H3. The predicted molar refractivity (Wildman–Crippen MR) is 67.8 cm³/mol. The van der Waals surface area contributed by atoms with Gasteiger partial charge in [0.1, 0.15) is 11.5 Å². The molecule has 98 valence electrons. The summed E-state index contributed by atoms with van der Waals surface area (Å²) in [6.07, 6.45) is 0.790. The molecule has 1 aromatic carbocycles. The second-order valence-corrected chi connectivity index (χ2v) is 4.75. The average Bonchev–Trinajstić information content (AvgIpc) is 2.83. The Hall–Kier alpha value is -2.30.